The minimum atomic E-state index is -0.565. The minimum absolute atomic E-state index is 0.172. The quantitative estimate of drug-likeness (QED) is 0.395. The first-order valence-electron chi connectivity index (χ1n) is 13.1. The highest BCUT2D eigenvalue weighted by Gasteiger charge is 2.53. The Morgan fingerprint density at radius 3 is 2.61 bits per heavy atom. The van der Waals surface area contributed by atoms with Gasteiger partial charge in [-0.1, -0.05) is 6.07 Å². The Hall–Kier alpha value is -3.85. The number of nitrogens with zero attached hydrogens (tertiary/aromatic N) is 7. The maximum Gasteiger partial charge on any atom is 0.320 e. The van der Waals surface area contributed by atoms with Crippen molar-refractivity contribution in [2.24, 2.45) is 0 Å². The van der Waals surface area contributed by atoms with Crippen LogP contribution in [0.5, 0.6) is 6.01 Å². The summed E-state index contributed by atoms with van der Waals surface area (Å²) < 4.78 is 17.0. The molecule has 0 aromatic carbocycles. The Kier molecular flexibility index (Phi) is 8.09. The number of hydrogen-bond acceptors (Lipinski definition) is 13. The van der Waals surface area contributed by atoms with E-state index in [1.165, 1.54) is 18.4 Å². The van der Waals surface area contributed by atoms with Crippen LogP contribution in [-0.2, 0) is 10.5 Å². The van der Waals surface area contributed by atoms with Gasteiger partial charge in [0.25, 0.3) is 0 Å². The van der Waals surface area contributed by atoms with Crippen molar-refractivity contribution in [2.45, 2.75) is 36.1 Å². The molecule has 2 atom stereocenters. The van der Waals surface area contributed by atoms with Gasteiger partial charge < -0.3 is 31.3 Å². The molecule has 0 saturated carbocycles. The van der Waals surface area contributed by atoms with Crippen LogP contribution in [0.1, 0.15) is 46.5 Å². The van der Waals surface area contributed by atoms with Crippen LogP contribution in [0.25, 0.3) is 0 Å². The van der Waals surface area contributed by atoms with E-state index in [4.69, 9.17) is 16.2 Å². The van der Waals surface area contributed by atoms with Gasteiger partial charge >= 0.3 is 6.01 Å². The minimum Gasteiger partial charge on any atom is -0.467 e. The molecular formula is C27H31FN10OS2. The van der Waals surface area contributed by atoms with Gasteiger partial charge in [-0.25, -0.2) is 9.37 Å². The summed E-state index contributed by atoms with van der Waals surface area (Å²) in [5, 5.41) is 23.3. The number of halogens is 1. The van der Waals surface area contributed by atoms with E-state index in [0.717, 1.165) is 28.3 Å². The summed E-state index contributed by atoms with van der Waals surface area (Å²) in [4.78, 5) is 18.3. The molecule has 41 heavy (non-hydrogen) atoms. The van der Waals surface area contributed by atoms with Crippen molar-refractivity contribution in [3.05, 3.63) is 45.5 Å². The number of nitrogens with two attached hydrogens (primary N) is 2. The van der Waals surface area contributed by atoms with Crippen molar-refractivity contribution in [1.29, 1.82) is 10.5 Å². The lowest BCUT2D eigenvalue weighted by Crippen LogP contribution is -2.57. The number of nitrogens with one attached hydrogen (secondary N) is 1. The molecule has 3 aliphatic heterocycles. The van der Waals surface area contributed by atoms with Crippen molar-refractivity contribution in [3.63, 3.8) is 0 Å². The van der Waals surface area contributed by atoms with Gasteiger partial charge in [-0.3, -0.25) is 0 Å². The van der Waals surface area contributed by atoms with Crippen molar-refractivity contribution in [2.75, 3.05) is 61.6 Å². The normalized spacial score (nSPS) is 18.9. The summed E-state index contributed by atoms with van der Waals surface area (Å²) in [6, 6.07) is 8.29. The Morgan fingerprint density at radius 1 is 1.27 bits per heavy atom. The first kappa shape index (κ1) is 28.7. The topological polar surface area (TPSA) is 166 Å². The molecule has 6 heterocycles. The molecule has 0 radical (unpaired) electrons. The van der Waals surface area contributed by atoms with E-state index in [-0.39, 0.29) is 16.8 Å². The van der Waals surface area contributed by atoms with Crippen molar-refractivity contribution >= 4 is 45.6 Å². The number of alkyl halides is 1. The molecule has 3 aliphatic rings. The smallest absolute Gasteiger partial charge is 0.320 e. The van der Waals surface area contributed by atoms with Gasteiger partial charge in [-0.05, 0) is 26.0 Å². The zero-order chi connectivity index (χ0) is 29.3. The number of rotatable bonds is 5. The van der Waals surface area contributed by atoms with Crippen molar-refractivity contribution < 1.29 is 9.13 Å². The summed E-state index contributed by atoms with van der Waals surface area (Å²) in [5.41, 5.74) is 15.0. The van der Waals surface area contributed by atoms with Crippen LogP contribution in [0.3, 0.4) is 0 Å². The fourth-order valence-electron chi connectivity index (χ4n) is 5.33. The summed E-state index contributed by atoms with van der Waals surface area (Å²) in [6.07, 6.45) is 1.79. The highest BCUT2D eigenvalue weighted by molar-refractivity contribution is 8.00. The van der Waals surface area contributed by atoms with Crippen LogP contribution in [0.15, 0.2) is 18.3 Å². The van der Waals surface area contributed by atoms with Gasteiger partial charge in [0.1, 0.15) is 34.7 Å². The lowest BCUT2D eigenvalue weighted by molar-refractivity contribution is 0.361. The second-order valence-electron chi connectivity index (χ2n) is 10.1. The van der Waals surface area contributed by atoms with Gasteiger partial charge in [0.2, 0.25) is 0 Å². The van der Waals surface area contributed by atoms with E-state index in [9.17, 15) is 14.9 Å². The first-order chi connectivity index (χ1) is 19.7. The van der Waals surface area contributed by atoms with E-state index in [1.807, 2.05) is 47.7 Å². The van der Waals surface area contributed by atoms with Gasteiger partial charge in [0.05, 0.1) is 23.5 Å². The van der Waals surface area contributed by atoms with Crippen molar-refractivity contribution in [1.82, 2.24) is 20.3 Å². The highest BCUT2D eigenvalue weighted by atomic mass is 32.2. The molecule has 0 amide bonds. The Morgan fingerprint density at radius 2 is 2.02 bits per heavy atom. The van der Waals surface area contributed by atoms with E-state index in [1.54, 1.807) is 6.20 Å². The average Bonchev–Trinajstić information content (AvgIpc) is 3.66. The summed E-state index contributed by atoms with van der Waals surface area (Å²) in [7, 11) is 3.36. The first-order valence-corrected chi connectivity index (χ1v) is 14.9. The lowest BCUT2D eigenvalue weighted by atomic mass is 9.88. The Balaban J connectivity index is 0.000000500. The maximum absolute atomic E-state index is 11.9. The average molecular weight is 595 g/mol. The zero-order valence-corrected chi connectivity index (χ0v) is 24.7. The SMILES string of the molecule is COc1nc(N2CC3(C2)SCc2sc(N)c(C#N)c23)c(C#N)c(N(C)C(C)c2cccnc2N)n1.FC1CCNC1. The van der Waals surface area contributed by atoms with Crippen LogP contribution in [0.2, 0.25) is 0 Å². The molecular weight excluding hydrogens is 563 g/mol. The Labute approximate surface area is 246 Å². The van der Waals surface area contributed by atoms with E-state index >= 15 is 0 Å². The lowest BCUT2D eigenvalue weighted by Gasteiger charge is -2.48. The van der Waals surface area contributed by atoms with Crippen molar-refractivity contribution in [3.8, 4) is 18.1 Å². The van der Waals surface area contributed by atoms with E-state index in [0.29, 0.717) is 59.6 Å². The molecule has 0 aliphatic carbocycles. The predicted molar refractivity (Wildman–Crippen MR) is 160 cm³/mol. The number of nitriles is 2. The zero-order valence-electron chi connectivity index (χ0n) is 23.0. The van der Waals surface area contributed by atoms with Crippen LogP contribution in [0.4, 0.5) is 26.8 Å². The van der Waals surface area contributed by atoms with Gasteiger partial charge in [-0.2, -0.15) is 20.5 Å². The highest BCUT2D eigenvalue weighted by Crippen LogP contribution is 2.58. The number of ether oxygens (including phenoxy) is 1. The Bertz CT molecular complexity index is 1520. The largest absolute Gasteiger partial charge is 0.467 e. The van der Waals surface area contributed by atoms with Crippen LogP contribution in [0, 0.1) is 22.7 Å². The fraction of sp³-hybridized carbons (Fsp3) is 0.444. The molecule has 3 aromatic heterocycles. The maximum atomic E-state index is 11.9. The third-order valence-electron chi connectivity index (χ3n) is 7.63. The number of thioether (sulfide) groups is 1. The molecule has 11 nitrogen and oxygen atoms in total. The van der Waals surface area contributed by atoms with Crippen LogP contribution >= 0.6 is 23.1 Å². The number of hydrogen-bond donors (Lipinski definition) is 3. The van der Waals surface area contributed by atoms with Crippen LogP contribution in [-0.4, -0.2) is 61.5 Å². The van der Waals surface area contributed by atoms with Crippen LogP contribution < -0.4 is 31.3 Å². The molecule has 2 saturated heterocycles. The van der Waals surface area contributed by atoms with E-state index in [2.05, 4.69) is 32.4 Å². The summed E-state index contributed by atoms with van der Waals surface area (Å²) >= 11 is 3.31. The second-order valence-corrected chi connectivity index (χ2v) is 12.6. The monoisotopic (exact) mass is 594 g/mol. The number of methoxy groups -OCH3 is 1. The molecule has 3 aromatic rings. The number of aromatic nitrogens is 3. The number of fused-ring (bicyclic) bond motifs is 2. The number of thiophene rings is 1. The number of anilines is 4. The molecule has 2 unspecified atom stereocenters. The fourth-order valence-corrected chi connectivity index (χ4v) is 8.13. The van der Waals surface area contributed by atoms with Gasteiger partial charge in [0.15, 0.2) is 11.6 Å². The van der Waals surface area contributed by atoms with Gasteiger partial charge in [-0.15, -0.1) is 23.1 Å². The molecule has 5 N–H and O–H groups in total. The summed E-state index contributed by atoms with van der Waals surface area (Å²) in [6.45, 7) is 4.63. The molecule has 2 fully saturated rings. The molecule has 0 bridgehead atoms. The molecule has 6 rings (SSSR count). The molecule has 1 spiro atoms. The second kappa shape index (κ2) is 11.6. The van der Waals surface area contributed by atoms with Gasteiger partial charge in [0, 0.05) is 54.6 Å². The third kappa shape index (κ3) is 5.19. The standard InChI is InChI=1S/C23H23N9OS2.C4H8FN/c1-12(13-5-4-6-28-18(13)26)31(2)20-15(8-25)21(30-22(29-20)33-3)32-10-23(11-32)17-14(7-24)19(27)35-16(17)9-34-23;5-4-1-2-6-3-4/h4-6,12H,9-11,27H2,1-3H3,(H2,26,28);4,6H,1-3H2. The molecule has 14 heteroatoms. The van der Waals surface area contributed by atoms with E-state index < -0.39 is 6.17 Å². The number of pyridine rings is 1. The number of nitrogen functional groups attached to an aromatic ring is 2. The summed E-state index contributed by atoms with van der Waals surface area (Å²) in [5.74, 6) is 2.21. The molecule has 214 valence electrons. The third-order valence-corrected chi connectivity index (χ3v) is 10.3. The predicted octanol–water partition coefficient (Wildman–Crippen LogP) is 3.33.